The highest BCUT2D eigenvalue weighted by Gasteiger charge is 2.34. The average molecular weight is 408 g/mol. The molecule has 0 aromatic heterocycles. The molecule has 0 rings (SSSR count). The quantitative estimate of drug-likeness (QED) is 0.454. The second kappa shape index (κ2) is 9.43. The smallest absolute Gasteiger partial charge is 0.211 e. The highest BCUT2D eigenvalue weighted by molar-refractivity contribution is 7.94. The maximum atomic E-state index is 12.4. The van der Waals surface area contributed by atoms with Crippen LogP contribution >= 0.6 is 0 Å². The lowest BCUT2D eigenvalue weighted by atomic mass is 10.3. The Kier molecular flexibility index (Phi) is 9.33. The molecule has 1 unspecified atom stereocenters. The van der Waals surface area contributed by atoms with Gasteiger partial charge in [-0.2, -0.15) is 0 Å². The molecule has 0 saturated heterocycles. The third-order valence-corrected chi connectivity index (χ3v) is 8.23. The zero-order chi connectivity index (χ0) is 19.2. The summed E-state index contributed by atoms with van der Waals surface area (Å²) in [4.78, 5) is 3.68. The fourth-order valence-electron chi connectivity index (χ4n) is 1.62. The second-order valence-corrected chi connectivity index (χ2v) is 11.8. The number of hydrogen-bond acceptors (Lipinski definition) is 6. The molecule has 0 spiro atoms. The highest BCUT2D eigenvalue weighted by Crippen LogP contribution is 2.11. The summed E-state index contributed by atoms with van der Waals surface area (Å²) in [5.41, 5.74) is 0. The van der Waals surface area contributed by atoms with E-state index < -0.39 is 35.3 Å². The van der Waals surface area contributed by atoms with Gasteiger partial charge in [-0.05, 0) is 30.2 Å². The van der Waals surface area contributed by atoms with Gasteiger partial charge in [0.05, 0.1) is 16.8 Å². The lowest BCUT2D eigenvalue weighted by molar-refractivity contribution is 0.338. The van der Waals surface area contributed by atoms with Gasteiger partial charge in [0.25, 0.3) is 0 Å². The van der Waals surface area contributed by atoms with Crippen LogP contribution in [0.5, 0.6) is 0 Å². The lowest BCUT2D eigenvalue weighted by Crippen LogP contribution is -2.58. The van der Waals surface area contributed by atoms with E-state index in [0.717, 1.165) is 0 Å². The molecule has 0 saturated carbocycles. The number of hydrazine groups is 2. The van der Waals surface area contributed by atoms with Crippen molar-refractivity contribution in [3.8, 4) is 0 Å². The van der Waals surface area contributed by atoms with Crippen LogP contribution in [0.25, 0.3) is 0 Å². The molecule has 2 N–H and O–H groups in total. The molecule has 0 aliphatic heterocycles. The van der Waals surface area contributed by atoms with E-state index in [1.54, 1.807) is 27.7 Å². The van der Waals surface area contributed by atoms with Crippen molar-refractivity contribution in [2.75, 3.05) is 11.5 Å². The van der Waals surface area contributed by atoms with Crippen LogP contribution in [0.4, 0.5) is 0 Å². The van der Waals surface area contributed by atoms with E-state index in [-0.39, 0.29) is 28.4 Å². The van der Waals surface area contributed by atoms with Crippen molar-refractivity contribution in [1.82, 2.24) is 14.2 Å². The van der Waals surface area contributed by atoms with Crippen LogP contribution in [0.15, 0.2) is 0 Å². The van der Waals surface area contributed by atoms with Gasteiger partial charge in [-0.3, -0.25) is 0 Å². The summed E-state index contributed by atoms with van der Waals surface area (Å²) < 4.78 is 73.2. The maximum Gasteiger partial charge on any atom is 0.244 e. The zero-order valence-electron chi connectivity index (χ0n) is 14.8. The van der Waals surface area contributed by atoms with Crippen molar-refractivity contribution in [3.05, 3.63) is 0 Å². The van der Waals surface area contributed by atoms with Gasteiger partial charge in [-0.1, -0.05) is 34.1 Å². The number of unbranched alkanes of at least 4 members (excludes halogenated alkanes) is 1. The molecule has 0 fully saturated rings. The molecular weight excluding hydrogens is 378 g/mol. The van der Waals surface area contributed by atoms with E-state index in [9.17, 15) is 25.3 Å². The van der Waals surface area contributed by atoms with Crippen LogP contribution in [0.2, 0.25) is 0 Å². The molecule has 24 heavy (non-hydrogen) atoms. The first-order valence-corrected chi connectivity index (χ1v) is 12.6. The minimum Gasteiger partial charge on any atom is -0.211 e. The Morgan fingerprint density at radius 2 is 1.38 bits per heavy atom. The van der Waals surface area contributed by atoms with Crippen molar-refractivity contribution in [2.24, 2.45) is 5.92 Å². The van der Waals surface area contributed by atoms with Crippen molar-refractivity contribution >= 4 is 30.1 Å². The summed E-state index contributed by atoms with van der Waals surface area (Å²) in [6.07, 6.45) is 1.12. The molecule has 0 aliphatic rings. The summed E-state index contributed by atoms with van der Waals surface area (Å²) in [7, 11) is -12.3. The molecule has 0 aliphatic carbocycles. The number of rotatable bonds is 12. The zero-order valence-corrected chi connectivity index (χ0v) is 17.3. The van der Waals surface area contributed by atoms with Gasteiger partial charge < -0.3 is 0 Å². The number of hydrogen-bond donors (Lipinski definition) is 2. The second-order valence-electron chi connectivity index (χ2n) is 6.06. The fourth-order valence-corrected chi connectivity index (χ4v) is 6.28. The molecule has 9 nitrogen and oxygen atoms in total. The molecule has 0 amide bonds. The van der Waals surface area contributed by atoms with E-state index in [4.69, 9.17) is 0 Å². The summed E-state index contributed by atoms with van der Waals surface area (Å²) in [6.45, 7) is 8.07. The molecule has 0 aromatic rings. The largest absolute Gasteiger partial charge is 0.244 e. The van der Waals surface area contributed by atoms with Gasteiger partial charge in [-0.15, -0.1) is 9.66 Å². The van der Waals surface area contributed by atoms with E-state index in [1.807, 2.05) is 9.66 Å². The third kappa shape index (κ3) is 8.21. The lowest BCUT2D eigenvalue weighted by Gasteiger charge is -2.25. The van der Waals surface area contributed by atoms with Crippen LogP contribution in [-0.4, -0.2) is 46.5 Å². The van der Waals surface area contributed by atoms with Crippen molar-refractivity contribution in [1.29, 1.82) is 0 Å². The Labute approximate surface area is 146 Å². The van der Waals surface area contributed by atoms with Gasteiger partial charge in [-0.25, -0.2) is 25.3 Å². The number of nitrogens with zero attached hydrogens (tertiary/aromatic N) is 1. The first kappa shape index (κ1) is 23.7. The van der Waals surface area contributed by atoms with E-state index in [0.29, 0.717) is 12.8 Å². The molecule has 0 radical (unpaired) electrons. The number of sulfonamides is 3. The molecular formula is C12H29N3O6S3. The first-order valence-electron chi connectivity index (χ1n) is 7.81. The third-order valence-electron chi connectivity index (χ3n) is 3.10. The highest BCUT2D eigenvalue weighted by atomic mass is 32.2. The Morgan fingerprint density at radius 3 is 1.79 bits per heavy atom. The summed E-state index contributed by atoms with van der Waals surface area (Å²) in [5, 5.41) is -0.965. The molecule has 146 valence electrons. The van der Waals surface area contributed by atoms with Crippen molar-refractivity contribution < 1.29 is 25.3 Å². The van der Waals surface area contributed by atoms with Gasteiger partial charge in [0.1, 0.15) is 0 Å². The normalized spacial score (nSPS) is 15.1. The Bertz CT molecular complexity index is 686. The van der Waals surface area contributed by atoms with E-state index in [1.165, 1.54) is 6.92 Å². The standard InChI is InChI=1S/C12H29N3O6S3/c1-6-8-9-22(16,17)13-15(24(20,21)12(5)7-2)14-23(18,19)10-11(3)4/h11-14H,6-10H2,1-5H3. The predicted octanol–water partition coefficient (Wildman–Crippen LogP) is 0.542. The minimum atomic E-state index is -4.23. The predicted molar refractivity (Wildman–Crippen MR) is 94.1 cm³/mol. The SMILES string of the molecule is CCCCS(=O)(=O)NN(NS(=O)(=O)CC(C)C)S(=O)(=O)C(C)CC. The number of nitrogens with one attached hydrogen (secondary N) is 2. The Balaban J connectivity index is 5.63. The van der Waals surface area contributed by atoms with Crippen LogP contribution < -0.4 is 9.66 Å². The van der Waals surface area contributed by atoms with Gasteiger partial charge in [0, 0.05) is 0 Å². The van der Waals surface area contributed by atoms with Crippen LogP contribution in [0, 0.1) is 5.92 Å². The minimum absolute atomic E-state index is 0.129. The monoisotopic (exact) mass is 407 g/mol. The van der Waals surface area contributed by atoms with Gasteiger partial charge in [0.2, 0.25) is 30.1 Å². The van der Waals surface area contributed by atoms with Crippen molar-refractivity contribution in [2.45, 2.75) is 59.1 Å². The average Bonchev–Trinajstić information content (AvgIpc) is 2.41. The first-order chi connectivity index (χ1) is 10.8. The molecule has 0 aromatic carbocycles. The van der Waals surface area contributed by atoms with Crippen LogP contribution in [-0.2, 0) is 30.1 Å². The molecule has 1 atom stereocenters. The molecule has 0 heterocycles. The van der Waals surface area contributed by atoms with Crippen LogP contribution in [0.1, 0.15) is 53.9 Å². The molecule has 12 heteroatoms. The van der Waals surface area contributed by atoms with Crippen LogP contribution in [0.3, 0.4) is 0 Å². The van der Waals surface area contributed by atoms with E-state index in [2.05, 4.69) is 0 Å². The fraction of sp³-hybridized carbons (Fsp3) is 1.00. The Hall–Kier alpha value is -0.270. The van der Waals surface area contributed by atoms with Crippen molar-refractivity contribution in [3.63, 3.8) is 0 Å². The topological polar surface area (TPSA) is 130 Å². The van der Waals surface area contributed by atoms with E-state index >= 15 is 0 Å². The van der Waals surface area contributed by atoms with Gasteiger partial charge in [0.15, 0.2) is 0 Å². The van der Waals surface area contributed by atoms with Gasteiger partial charge >= 0.3 is 0 Å². The summed E-state index contributed by atoms with van der Waals surface area (Å²) in [6, 6.07) is 0. The summed E-state index contributed by atoms with van der Waals surface area (Å²) >= 11 is 0. The molecule has 0 bridgehead atoms. The Morgan fingerprint density at radius 1 is 0.875 bits per heavy atom. The summed E-state index contributed by atoms with van der Waals surface area (Å²) in [5.74, 6) is -0.898. The maximum absolute atomic E-state index is 12.4.